The van der Waals surface area contributed by atoms with E-state index in [2.05, 4.69) is 27.6 Å². The molecule has 1 heterocycles. The van der Waals surface area contributed by atoms with Gasteiger partial charge >= 0.3 is 0 Å². The summed E-state index contributed by atoms with van der Waals surface area (Å²) in [5.41, 5.74) is 3.55. The van der Waals surface area contributed by atoms with E-state index in [1.54, 1.807) is 6.20 Å². The van der Waals surface area contributed by atoms with Gasteiger partial charge in [0.2, 0.25) is 5.95 Å². The van der Waals surface area contributed by atoms with E-state index in [0.717, 1.165) is 11.4 Å². The third-order valence-corrected chi connectivity index (χ3v) is 4.58. The molecule has 0 spiro atoms. The van der Waals surface area contributed by atoms with Gasteiger partial charge in [-0.1, -0.05) is 13.3 Å². The van der Waals surface area contributed by atoms with Gasteiger partial charge in [-0.2, -0.15) is 16.7 Å². The van der Waals surface area contributed by atoms with Gasteiger partial charge in [-0.05, 0) is 25.5 Å². The lowest BCUT2D eigenvalue weighted by Crippen LogP contribution is -2.27. The number of thioether (sulfide) groups is 1. The molecule has 1 aliphatic rings. The SMILES string of the molecule is CCSC1CCCC1Nc1nc(NN)ncc1C. The fourth-order valence-corrected chi connectivity index (χ4v) is 3.54. The summed E-state index contributed by atoms with van der Waals surface area (Å²) >= 11 is 2.04. The van der Waals surface area contributed by atoms with Crippen LogP contribution in [0.15, 0.2) is 6.20 Å². The number of nitrogens with two attached hydrogens (primary N) is 1. The van der Waals surface area contributed by atoms with E-state index in [1.165, 1.54) is 25.0 Å². The topological polar surface area (TPSA) is 75.9 Å². The van der Waals surface area contributed by atoms with Gasteiger partial charge in [0, 0.05) is 23.1 Å². The molecular formula is C12H21N5S. The van der Waals surface area contributed by atoms with Gasteiger partial charge in [0.25, 0.3) is 0 Å². The number of hydrazine groups is 1. The summed E-state index contributed by atoms with van der Waals surface area (Å²) in [6.07, 6.45) is 5.59. The number of aryl methyl sites for hydroxylation is 1. The lowest BCUT2D eigenvalue weighted by atomic mass is 10.2. The Bertz CT molecular complexity index is 398. The highest BCUT2D eigenvalue weighted by molar-refractivity contribution is 7.99. The van der Waals surface area contributed by atoms with Crippen LogP contribution < -0.4 is 16.6 Å². The highest BCUT2D eigenvalue weighted by Crippen LogP contribution is 2.32. The molecule has 18 heavy (non-hydrogen) atoms. The second-order valence-corrected chi connectivity index (χ2v) is 6.06. The Morgan fingerprint density at radius 2 is 2.33 bits per heavy atom. The van der Waals surface area contributed by atoms with Crippen LogP contribution in [0.5, 0.6) is 0 Å². The van der Waals surface area contributed by atoms with E-state index < -0.39 is 0 Å². The molecule has 2 unspecified atom stereocenters. The quantitative estimate of drug-likeness (QED) is 0.560. The maximum atomic E-state index is 5.35. The molecule has 1 aromatic rings. The van der Waals surface area contributed by atoms with Crippen molar-refractivity contribution in [2.24, 2.45) is 5.84 Å². The molecule has 2 rings (SSSR count). The number of nitrogens with zero attached hydrogens (tertiary/aromatic N) is 2. The summed E-state index contributed by atoms with van der Waals surface area (Å²) in [6.45, 7) is 4.23. The van der Waals surface area contributed by atoms with Crippen LogP contribution in [-0.2, 0) is 0 Å². The van der Waals surface area contributed by atoms with Crippen LogP contribution in [0.25, 0.3) is 0 Å². The summed E-state index contributed by atoms with van der Waals surface area (Å²) in [7, 11) is 0. The van der Waals surface area contributed by atoms with Gasteiger partial charge < -0.3 is 5.32 Å². The molecule has 0 aliphatic heterocycles. The predicted molar refractivity (Wildman–Crippen MR) is 77.8 cm³/mol. The van der Waals surface area contributed by atoms with Gasteiger partial charge in [0.05, 0.1) is 0 Å². The smallest absolute Gasteiger partial charge is 0.239 e. The fourth-order valence-electron chi connectivity index (χ4n) is 2.34. The van der Waals surface area contributed by atoms with Crippen LogP contribution in [0.2, 0.25) is 0 Å². The molecule has 6 heteroatoms. The summed E-state index contributed by atoms with van der Waals surface area (Å²) in [4.78, 5) is 8.48. The summed E-state index contributed by atoms with van der Waals surface area (Å²) in [5.74, 6) is 7.87. The molecule has 0 bridgehead atoms. The molecule has 2 atom stereocenters. The molecule has 1 fully saturated rings. The molecule has 1 saturated carbocycles. The normalized spacial score (nSPS) is 23.1. The third kappa shape index (κ3) is 3.05. The maximum Gasteiger partial charge on any atom is 0.239 e. The van der Waals surface area contributed by atoms with Crippen LogP contribution in [0.1, 0.15) is 31.7 Å². The maximum absolute atomic E-state index is 5.35. The molecule has 4 N–H and O–H groups in total. The molecule has 0 aromatic carbocycles. The van der Waals surface area contributed by atoms with Crippen molar-refractivity contribution in [3.8, 4) is 0 Å². The number of anilines is 2. The van der Waals surface area contributed by atoms with Crippen molar-refractivity contribution in [1.29, 1.82) is 0 Å². The number of nitrogens with one attached hydrogen (secondary N) is 2. The van der Waals surface area contributed by atoms with Crippen LogP contribution in [0, 0.1) is 6.92 Å². The van der Waals surface area contributed by atoms with E-state index in [4.69, 9.17) is 5.84 Å². The van der Waals surface area contributed by atoms with Crippen LogP contribution in [0.3, 0.4) is 0 Å². The number of hydrogen-bond donors (Lipinski definition) is 3. The summed E-state index contributed by atoms with van der Waals surface area (Å²) < 4.78 is 0. The van der Waals surface area contributed by atoms with Crippen LogP contribution in [-0.4, -0.2) is 27.0 Å². The minimum Gasteiger partial charge on any atom is -0.366 e. The van der Waals surface area contributed by atoms with E-state index >= 15 is 0 Å². The Labute approximate surface area is 112 Å². The Hall–Kier alpha value is -1.01. The molecule has 1 aromatic heterocycles. The van der Waals surface area contributed by atoms with Crippen molar-refractivity contribution >= 4 is 23.5 Å². The number of aromatic nitrogens is 2. The van der Waals surface area contributed by atoms with Gasteiger partial charge in [-0.15, -0.1) is 0 Å². The van der Waals surface area contributed by atoms with E-state index in [0.29, 0.717) is 17.2 Å². The van der Waals surface area contributed by atoms with Crippen molar-refractivity contribution in [2.45, 2.75) is 44.4 Å². The second kappa shape index (κ2) is 6.24. The zero-order valence-electron chi connectivity index (χ0n) is 10.9. The molecule has 0 amide bonds. The first kappa shape index (κ1) is 13.4. The Kier molecular flexibility index (Phi) is 4.66. The monoisotopic (exact) mass is 267 g/mol. The highest BCUT2D eigenvalue weighted by Gasteiger charge is 2.27. The lowest BCUT2D eigenvalue weighted by Gasteiger charge is -2.21. The fraction of sp³-hybridized carbons (Fsp3) is 0.667. The first-order valence-corrected chi connectivity index (χ1v) is 7.48. The minimum atomic E-state index is 0.459. The number of hydrogen-bond acceptors (Lipinski definition) is 6. The minimum absolute atomic E-state index is 0.459. The van der Waals surface area contributed by atoms with Gasteiger partial charge in [-0.3, -0.25) is 5.43 Å². The average Bonchev–Trinajstić information content (AvgIpc) is 2.80. The Morgan fingerprint density at radius 3 is 3.06 bits per heavy atom. The molecule has 1 aliphatic carbocycles. The second-order valence-electron chi connectivity index (χ2n) is 4.55. The van der Waals surface area contributed by atoms with E-state index in [1.807, 2.05) is 18.7 Å². The van der Waals surface area contributed by atoms with E-state index in [-0.39, 0.29) is 0 Å². The molecular weight excluding hydrogens is 246 g/mol. The number of rotatable bonds is 5. The largest absolute Gasteiger partial charge is 0.366 e. The van der Waals surface area contributed by atoms with Crippen LogP contribution in [0.4, 0.5) is 11.8 Å². The first-order chi connectivity index (χ1) is 8.74. The average molecular weight is 267 g/mol. The standard InChI is InChI=1S/C12H21N5S/c1-3-18-10-6-4-5-9(10)15-11-8(2)7-14-12(16-11)17-13/h7,9-10H,3-6,13H2,1-2H3,(H2,14,15,16,17). The first-order valence-electron chi connectivity index (χ1n) is 6.43. The van der Waals surface area contributed by atoms with Crippen molar-refractivity contribution in [3.63, 3.8) is 0 Å². The molecule has 0 saturated heterocycles. The number of nitrogen functional groups attached to an aromatic ring is 1. The summed E-state index contributed by atoms with van der Waals surface area (Å²) in [6, 6.07) is 0.508. The van der Waals surface area contributed by atoms with Crippen molar-refractivity contribution < 1.29 is 0 Å². The van der Waals surface area contributed by atoms with Crippen LogP contribution >= 0.6 is 11.8 Å². The Morgan fingerprint density at radius 1 is 1.50 bits per heavy atom. The molecule has 5 nitrogen and oxygen atoms in total. The predicted octanol–water partition coefficient (Wildman–Crippen LogP) is 2.16. The van der Waals surface area contributed by atoms with E-state index in [9.17, 15) is 0 Å². The zero-order chi connectivity index (χ0) is 13.0. The van der Waals surface area contributed by atoms with Crippen molar-refractivity contribution in [3.05, 3.63) is 11.8 Å². The summed E-state index contributed by atoms with van der Waals surface area (Å²) in [5, 5.41) is 4.24. The van der Waals surface area contributed by atoms with Crippen molar-refractivity contribution in [2.75, 3.05) is 16.5 Å². The van der Waals surface area contributed by atoms with Gasteiger partial charge in [-0.25, -0.2) is 10.8 Å². The Balaban J connectivity index is 2.08. The lowest BCUT2D eigenvalue weighted by molar-refractivity contribution is 0.760. The van der Waals surface area contributed by atoms with Gasteiger partial charge in [0.15, 0.2) is 0 Å². The molecule has 0 radical (unpaired) electrons. The zero-order valence-corrected chi connectivity index (χ0v) is 11.8. The van der Waals surface area contributed by atoms with Gasteiger partial charge in [0.1, 0.15) is 5.82 Å². The third-order valence-electron chi connectivity index (χ3n) is 3.26. The molecule has 100 valence electrons. The highest BCUT2D eigenvalue weighted by atomic mass is 32.2. The van der Waals surface area contributed by atoms with Crippen molar-refractivity contribution in [1.82, 2.24) is 9.97 Å².